The molecule has 0 saturated heterocycles. The minimum Gasteiger partial charge on any atom is -0.507 e. The van der Waals surface area contributed by atoms with Crippen molar-refractivity contribution in [3.05, 3.63) is 192 Å². The van der Waals surface area contributed by atoms with Gasteiger partial charge in [-0.25, -0.2) is 4.98 Å². The van der Waals surface area contributed by atoms with Gasteiger partial charge in [0.15, 0.2) is 0 Å². The predicted molar refractivity (Wildman–Crippen MR) is 273 cm³/mol. The Morgan fingerprint density at radius 2 is 1.24 bits per heavy atom. The Kier molecular flexibility index (Phi) is 8.94. The standard InChI is InChI=1S/C61H58N3O.Pt/c1-39-34-43(56-48(41-18-12-11-13-19-41)21-16-23-51(56)61(8,9)10)28-31-53(39)64-54-24-17-22-49(57(54)63-58(64)50-20-14-15-25-55(50)65)44-35-45(37-47(36-44)60(5,6)7)52-38-42(32-33-62-52)40-26-29-46(30-27-40)59(2,3)4;/h11-34,36-38,65H,1-10H3;/q-1;/i1D3,2D3,3D3,4D3;. The van der Waals surface area contributed by atoms with Crippen LogP contribution in [0.4, 0.5) is 0 Å². The summed E-state index contributed by atoms with van der Waals surface area (Å²) in [7, 11) is 0. The minimum absolute atomic E-state index is 0. The molecular formula is C61H58N3OPt-. The van der Waals surface area contributed by atoms with E-state index in [9.17, 15) is 5.11 Å². The van der Waals surface area contributed by atoms with Gasteiger partial charge in [0.2, 0.25) is 0 Å². The second-order valence-corrected chi connectivity index (χ2v) is 18.7. The van der Waals surface area contributed by atoms with E-state index in [1.54, 1.807) is 42.6 Å². The van der Waals surface area contributed by atoms with Crippen LogP contribution in [0.15, 0.2) is 164 Å². The van der Waals surface area contributed by atoms with E-state index >= 15 is 0 Å². The summed E-state index contributed by atoms with van der Waals surface area (Å²) in [5.41, 5.74) is 7.13. The summed E-state index contributed by atoms with van der Waals surface area (Å²) in [4.78, 5) is 10.1. The topological polar surface area (TPSA) is 50.9 Å². The molecule has 9 aromatic rings. The zero-order chi connectivity index (χ0) is 55.8. The predicted octanol–water partition coefficient (Wildman–Crippen LogP) is 16.1. The molecular weight excluding hydrogens is 986 g/mol. The monoisotopic (exact) mass is 1060 g/mol. The average molecular weight is 1060 g/mol. The van der Waals surface area contributed by atoms with Crippen molar-refractivity contribution in [1.29, 1.82) is 0 Å². The molecule has 2 aromatic heterocycles. The second-order valence-electron chi connectivity index (χ2n) is 18.7. The van der Waals surface area contributed by atoms with Gasteiger partial charge in [-0.2, -0.15) is 0 Å². The largest absolute Gasteiger partial charge is 0.507 e. The molecule has 0 fully saturated rings. The smallest absolute Gasteiger partial charge is 0.148 e. The van der Waals surface area contributed by atoms with Gasteiger partial charge >= 0.3 is 0 Å². The molecule has 0 aliphatic heterocycles. The number of hydrogen-bond donors (Lipinski definition) is 1. The fourth-order valence-electron chi connectivity index (χ4n) is 8.59. The van der Waals surface area contributed by atoms with Crippen molar-refractivity contribution in [3.63, 3.8) is 0 Å². The van der Waals surface area contributed by atoms with E-state index in [0.29, 0.717) is 61.6 Å². The molecule has 0 saturated carbocycles. The molecule has 0 bridgehead atoms. The summed E-state index contributed by atoms with van der Waals surface area (Å²) in [6.07, 6.45) is 1.62. The van der Waals surface area contributed by atoms with Crippen LogP contribution in [0.25, 0.3) is 83.9 Å². The number of phenols is 1. The number of phenolic OH excluding ortho intramolecular Hbond substituents is 1. The third-order valence-corrected chi connectivity index (χ3v) is 12.0. The van der Waals surface area contributed by atoms with Crippen LogP contribution < -0.4 is 0 Å². The Hall–Kier alpha value is -6.35. The van der Waals surface area contributed by atoms with Crippen molar-refractivity contribution in [2.75, 3.05) is 0 Å². The van der Waals surface area contributed by atoms with Gasteiger partial charge in [0.05, 0.1) is 22.3 Å². The van der Waals surface area contributed by atoms with Gasteiger partial charge in [0, 0.05) is 49.4 Å². The Labute approximate surface area is 422 Å². The van der Waals surface area contributed by atoms with E-state index in [0.717, 1.165) is 33.4 Å². The summed E-state index contributed by atoms with van der Waals surface area (Å²) in [5.74, 6) is 0.282. The number of hydrogen-bond acceptors (Lipinski definition) is 3. The van der Waals surface area contributed by atoms with E-state index in [1.807, 2.05) is 77.4 Å². The zero-order valence-electron chi connectivity index (χ0n) is 49.7. The first-order chi connectivity index (χ1) is 35.9. The van der Waals surface area contributed by atoms with Crippen LogP contribution in [0.5, 0.6) is 5.75 Å². The number of benzene rings is 7. The van der Waals surface area contributed by atoms with E-state index in [1.165, 1.54) is 24.3 Å². The number of aromatic hydroxyl groups is 1. The molecule has 2 heterocycles. The molecule has 66 heavy (non-hydrogen) atoms. The number of pyridine rings is 1. The van der Waals surface area contributed by atoms with Crippen LogP contribution in [-0.4, -0.2) is 19.6 Å². The first kappa shape index (κ1) is 33.2. The Bertz CT molecular complexity index is 3640. The fourth-order valence-corrected chi connectivity index (χ4v) is 8.59. The molecule has 334 valence electrons. The van der Waals surface area contributed by atoms with Gasteiger partial charge < -0.3 is 5.11 Å². The Morgan fingerprint density at radius 3 is 1.95 bits per heavy atom. The van der Waals surface area contributed by atoms with Crippen molar-refractivity contribution in [2.24, 2.45) is 0 Å². The third-order valence-electron chi connectivity index (χ3n) is 12.0. The summed E-state index contributed by atoms with van der Waals surface area (Å²) in [6, 6.07) is 51.2. The van der Waals surface area contributed by atoms with Crippen molar-refractivity contribution < 1.29 is 42.6 Å². The van der Waals surface area contributed by atoms with Crippen molar-refractivity contribution in [2.45, 2.75) is 85.2 Å². The molecule has 0 radical (unpaired) electrons. The van der Waals surface area contributed by atoms with Crippen LogP contribution in [0.2, 0.25) is 0 Å². The fraction of sp³-hybridized carbons (Fsp3) is 0.213. The first-order valence-corrected chi connectivity index (χ1v) is 21.7. The number of aromatic nitrogens is 3. The van der Waals surface area contributed by atoms with Crippen molar-refractivity contribution in [1.82, 2.24) is 14.5 Å². The second kappa shape index (κ2) is 17.8. The van der Waals surface area contributed by atoms with Gasteiger partial charge in [-0.15, -0.1) is 29.3 Å². The first-order valence-electron chi connectivity index (χ1n) is 27.7. The van der Waals surface area contributed by atoms with Gasteiger partial charge in [-0.3, -0.25) is 9.55 Å². The maximum atomic E-state index is 11.5. The maximum Gasteiger partial charge on any atom is 0.148 e. The van der Waals surface area contributed by atoms with Crippen LogP contribution in [-0.2, 0) is 37.3 Å². The average Bonchev–Trinajstić information content (AvgIpc) is 3.84. The van der Waals surface area contributed by atoms with Gasteiger partial charge in [-0.1, -0.05) is 182 Å². The molecule has 7 aromatic carbocycles. The van der Waals surface area contributed by atoms with Gasteiger partial charge in [0.25, 0.3) is 0 Å². The van der Waals surface area contributed by atoms with Crippen molar-refractivity contribution >= 4 is 11.0 Å². The number of fused-ring (bicyclic) bond motifs is 1. The molecule has 0 atom stereocenters. The molecule has 0 spiro atoms. The number of rotatable bonds is 7. The SMILES string of the molecule is [2H]C([2H])([2H])c1cc(-c2c(-c3ccccc3)cccc2C(C)(C)C)ccc1-n1c(-c2ccccc2O)nc2c(-c3[c-]c(-c4cc(-c5ccc(C(C([2H])([2H])[2H])(C([2H])([2H])[2H])C([2H])([2H])[2H])cc5)ccn4)cc(C(C)(C)C)c3)cccc21.[Pt]. The summed E-state index contributed by atoms with van der Waals surface area (Å²) in [6.45, 7) is -0.0817. The normalized spacial score (nSPS) is 15.5. The molecule has 0 amide bonds. The molecule has 0 unspecified atom stereocenters. The molecule has 0 aliphatic rings. The molecule has 1 N–H and O–H groups in total. The summed E-state index contributed by atoms with van der Waals surface area (Å²) < 4.78 is 103. The molecule has 5 heteroatoms. The van der Waals surface area contributed by atoms with Crippen molar-refractivity contribution in [3.8, 4) is 78.6 Å². The number of imidazole rings is 1. The number of nitrogens with zero attached hydrogens (tertiary/aromatic N) is 3. The van der Waals surface area contributed by atoms with E-state index < -0.39 is 32.8 Å². The van der Waals surface area contributed by atoms with Crippen LogP contribution >= 0.6 is 0 Å². The molecule has 9 rings (SSSR count). The Morgan fingerprint density at radius 1 is 0.561 bits per heavy atom. The number of para-hydroxylation sites is 2. The third kappa shape index (κ3) is 8.97. The van der Waals surface area contributed by atoms with Gasteiger partial charge in [0.1, 0.15) is 11.6 Å². The van der Waals surface area contributed by atoms with Crippen LogP contribution in [0.3, 0.4) is 0 Å². The quantitative estimate of drug-likeness (QED) is 0.162. The van der Waals surface area contributed by atoms with E-state index in [-0.39, 0.29) is 48.8 Å². The zero-order valence-corrected chi connectivity index (χ0v) is 40.0. The number of aryl methyl sites for hydroxylation is 1. The minimum atomic E-state index is -3.40. The molecule has 4 nitrogen and oxygen atoms in total. The maximum absolute atomic E-state index is 11.5. The molecule has 0 aliphatic carbocycles. The van der Waals surface area contributed by atoms with Crippen LogP contribution in [0, 0.1) is 12.9 Å². The van der Waals surface area contributed by atoms with E-state index in [2.05, 4.69) is 71.9 Å². The van der Waals surface area contributed by atoms with Gasteiger partial charge in [-0.05, 0) is 110 Å². The van der Waals surface area contributed by atoms with Crippen LogP contribution in [0.1, 0.15) is 101 Å². The summed E-state index contributed by atoms with van der Waals surface area (Å²) >= 11 is 0. The van der Waals surface area contributed by atoms with E-state index in [4.69, 9.17) is 26.4 Å². The summed E-state index contributed by atoms with van der Waals surface area (Å²) in [5, 5.41) is 11.5. The Balaban J connectivity index is 0.00000803.